The number of carbonyl (C=O) groups is 2. The van der Waals surface area contributed by atoms with Crippen molar-refractivity contribution in [3.05, 3.63) is 46.5 Å². The number of fused-ring (bicyclic) bond motifs is 5. The first kappa shape index (κ1) is 13.8. The van der Waals surface area contributed by atoms with Gasteiger partial charge >= 0.3 is 11.9 Å². The van der Waals surface area contributed by atoms with Crippen molar-refractivity contribution in [3.63, 3.8) is 0 Å². The number of esters is 2. The SMILES string of the molecule is CCOC(=O)C1=C(C(=O)OCC)[C@@H]2O[C@H]1c1ccccc12. The van der Waals surface area contributed by atoms with Crippen LogP contribution in [-0.4, -0.2) is 25.2 Å². The van der Waals surface area contributed by atoms with Crippen LogP contribution in [0.25, 0.3) is 0 Å². The van der Waals surface area contributed by atoms with Gasteiger partial charge in [0.25, 0.3) is 0 Å². The molecule has 2 atom stereocenters. The third-order valence-corrected chi connectivity index (χ3v) is 3.64. The molecule has 1 aromatic rings. The normalized spacial score (nSPS) is 22.2. The summed E-state index contributed by atoms with van der Waals surface area (Å²) in [6, 6.07) is 7.58. The van der Waals surface area contributed by atoms with Gasteiger partial charge in [-0.3, -0.25) is 0 Å². The molecule has 21 heavy (non-hydrogen) atoms. The molecule has 0 spiro atoms. The molecular weight excluding hydrogens is 272 g/mol. The van der Waals surface area contributed by atoms with E-state index < -0.39 is 24.1 Å². The van der Waals surface area contributed by atoms with Crippen LogP contribution in [0.15, 0.2) is 35.4 Å². The van der Waals surface area contributed by atoms with E-state index in [2.05, 4.69) is 0 Å². The number of carbonyl (C=O) groups excluding carboxylic acids is 2. The van der Waals surface area contributed by atoms with Crippen LogP contribution in [0, 0.1) is 0 Å². The molecule has 5 nitrogen and oxygen atoms in total. The molecule has 0 radical (unpaired) electrons. The number of ether oxygens (including phenoxy) is 3. The maximum absolute atomic E-state index is 12.2. The molecule has 0 saturated carbocycles. The Kier molecular flexibility index (Phi) is 3.51. The van der Waals surface area contributed by atoms with E-state index in [1.807, 2.05) is 24.3 Å². The second-order valence-electron chi connectivity index (χ2n) is 4.79. The second kappa shape index (κ2) is 5.33. The third-order valence-electron chi connectivity index (χ3n) is 3.64. The van der Waals surface area contributed by atoms with Gasteiger partial charge in [-0.05, 0) is 25.0 Å². The summed E-state index contributed by atoms with van der Waals surface area (Å²) in [5.41, 5.74) is 2.38. The van der Waals surface area contributed by atoms with Crippen LogP contribution in [0.4, 0.5) is 0 Å². The highest BCUT2D eigenvalue weighted by Gasteiger charge is 2.50. The monoisotopic (exact) mass is 288 g/mol. The molecule has 0 fully saturated rings. The average molecular weight is 288 g/mol. The van der Waals surface area contributed by atoms with Crippen molar-refractivity contribution in [1.29, 1.82) is 0 Å². The zero-order valence-electron chi connectivity index (χ0n) is 11.9. The predicted octanol–water partition coefficient (Wildman–Crippen LogP) is 2.24. The quantitative estimate of drug-likeness (QED) is 0.795. The van der Waals surface area contributed by atoms with Gasteiger partial charge in [-0.1, -0.05) is 24.3 Å². The largest absolute Gasteiger partial charge is 0.463 e. The van der Waals surface area contributed by atoms with Gasteiger partial charge in [0, 0.05) is 0 Å². The lowest BCUT2D eigenvalue weighted by Gasteiger charge is -2.17. The van der Waals surface area contributed by atoms with Crippen LogP contribution >= 0.6 is 0 Å². The van der Waals surface area contributed by atoms with E-state index in [-0.39, 0.29) is 24.4 Å². The Morgan fingerprint density at radius 2 is 1.38 bits per heavy atom. The minimum absolute atomic E-state index is 0.247. The number of hydrogen-bond acceptors (Lipinski definition) is 5. The van der Waals surface area contributed by atoms with E-state index in [0.717, 1.165) is 11.1 Å². The van der Waals surface area contributed by atoms with Crippen LogP contribution in [0.1, 0.15) is 37.2 Å². The smallest absolute Gasteiger partial charge is 0.337 e. The minimum atomic E-state index is -0.537. The first-order chi connectivity index (χ1) is 10.2. The van der Waals surface area contributed by atoms with Crippen molar-refractivity contribution < 1.29 is 23.8 Å². The number of rotatable bonds is 4. The van der Waals surface area contributed by atoms with Crippen LogP contribution in [-0.2, 0) is 23.8 Å². The highest BCUT2D eigenvalue weighted by atomic mass is 16.6. The summed E-state index contributed by atoms with van der Waals surface area (Å²) < 4.78 is 16.0. The first-order valence-corrected chi connectivity index (χ1v) is 7.01. The van der Waals surface area contributed by atoms with Gasteiger partial charge in [0.1, 0.15) is 12.2 Å². The van der Waals surface area contributed by atoms with Crippen LogP contribution in [0.5, 0.6) is 0 Å². The summed E-state index contributed by atoms with van der Waals surface area (Å²) >= 11 is 0. The van der Waals surface area contributed by atoms with Crippen LogP contribution in [0.2, 0.25) is 0 Å². The molecule has 0 N–H and O–H groups in total. The van der Waals surface area contributed by atoms with Gasteiger partial charge in [0.15, 0.2) is 0 Å². The lowest BCUT2D eigenvalue weighted by atomic mass is 9.86. The maximum atomic E-state index is 12.2. The summed E-state index contributed by atoms with van der Waals surface area (Å²) in [5.74, 6) is -1.02. The van der Waals surface area contributed by atoms with E-state index in [9.17, 15) is 9.59 Å². The fraction of sp³-hybridized carbons (Fsp3) is 0.375. The van der Waals surface area contributed by atoms with E-state index in [4.69, 9.17) is 14.2 Å². The summed E-state index contributed by atoms with van der Waals surface area (Å²) in [4.78, 5) is 24.4. The van der Waals surface area contributed by atoms with Gasteiger partial charge in [-0.15, -0.1) is 0 Å². The molecule has 0 unspecified atom stereocenters. The van der Waals surface area contributed by atoms with Crippen molar-refractivity contribution in [1.82, 2.24) is 0 Å². The molecule has 2 heterocycles. The molecule has 0 aromatic heterocycles. The van der Waals surface area contributed by atoms with E-state index >= 15 is 0 Å². The molecule has 2 bridgehead atoms. The summed E-state index contributed by atoms with van der Waals surface area (Å²) in [6.07, 6.45) is -1.07. The van der Waals surface area contributed by atoms with Crippen LogP contribution < -0.4 is 0 Å². The lowest BCUT2D eigenvalue weighted by molar-refractivity contribution is -0.142. The Morgan fingerprint density at radius 1 is 0.952 bits per heavy atom. The first-order valence-electron chi connectivity index (χ1n) is 7.01. The van der Waals surface area contributed by atoms with E-state index in [1.54, 1.807) is 13.8 Å². The molecule has 2 aliphatic heterocycles. The van der Waals surface area contributed by atoms with Gasteiger partial charge in [0.05, 0.1) is 24.4 Å². The highest BCUT2D eigenvalue weighted by molar-refractivity contribution is 6.04. The zero-order valence-corrected chi connectivity index (χ0v) is 11.9. The highest BCUT2D eigenvalue weighted by Crippen LogP contribution is 2.54. The van der Waals surface area contributed by atoms with Gasteiger partial charge in [-0.2, -0.15) is 0 Å². The molecule has 0 amide bonds. The fourth-order valence-corrected chi connectivity index (χ4v) is 2.85. The van der Waals surface area contributed by atoms with Gasteiger partial charge < -0.3 is 14.2 Å². The zero-order chi connectivity index (χ0) is 15.0. The fourth-order valence-electron chi connectivity index (χ4n) is 2.85. The topological polar surface area (TPSA) is 61.8 Å². The molecule has 0 saturated heterocycles. The minimum Gasteiger partial charge on any atom is -0.463 e. The molecule has 3 rings (SSSR count). The van der Waals surface area contributed by atoms with Gasteiger partial charge in [0.2, 0.25) is 0 Å². The second-order valence-corrected chi connectivity index (χ2v) is 4.79. The van der Waals surface area contributed by atoms with Crippen LogP contribution in [0.3, 0.4) is 0 Å². The Hall–Kier alpha value is -2.14. The lowest BCUT2D eigenvalue weighted by Crippen LogP contribution is -2.21. The average Bonchev–Trinajstić information content (AvgIpc) is 3.04. The Labute approximate surface area is 122 Å². The molecule has 0 aliphatic carbocycles. The van der Waals surface area contributed by atoms with Crippen molar-refractivity contribution in [2.45, 2.75) is 26.1 Å². The summed E-state index contributed by atoms with van der Waals surface area (Å²) in [5, 5.41) is 0. The Bertz CT molecular complexity index is 578. The van der Waals surface area contributed by atoms with Gasteiger partial charge in [-0.25, -0.2) is 9.59 Å². The molecule has 110 valence electrons. The standard InChI is InChI=1S/C16H16O5/c1-3-19-15(17)11-12(16(18)20-4-2)14-10-8-6-5-7-9(10)13(11)21-14/h5-8,13-14H,3-4H2,1-2H3/t13-,14+. The van der Waals surface area contributed by atoms with Crippen molar-refractivity contribution >= 4 is 11.9 Å². The molecular formula is C16H16O5. The molecule has 2 aliphatic rings. The Balaban J connectivity index is 2.07. The van der Waals surface area contributed by atoms with Crippen molar-refractivity contribution in [2.75, 3.05) is 13.2 Å². The Morgan fingerprint density at radius 3 is 1.76 bits per heavy atom. The van der Waals surface area contributed by atoms with E-state index in [0.29, 0.717) is 0 Å². The van der Waals surface area contributed by atoms with E-state index in [1.165, 1.54) is 0 Å². The summed E-state index contributed by atoms with van der Waals surface area (Å²) in [7, 11) is 0. The third kappa shape index (κ3) is 2.05. The predicted molar refractivity (Wildman–Crippen MR) is 73.3 cm³/mol. The molecule has 5 heteroatoms. The number of benzene rings is 1. The summed E-state index contributed by atoms with van der Waals surface area (Å²) in [6.45, 7) is 3.95. The maximum Gasteiger partial charge on any atom is 0.337 e. The van der Waals surface area contributed by atoms with Crippen molar-refractivity contribution in [3.8, 4) is 0 Å². The number of hydrogen-bond donors (Lipinski definition) is 0. The molecule has 1 aromatic carbocycles. The van der Waals surface area contributed by atoms with Crippen molar-refractivity contribution in [2.24, 2.45) is 0 Å².